The van der Waals surface area contributed by atoms with E-state index >= 15 is 0 Å². The fourth-order valence-electron chi connectivity index (χ4n) is 1.87. The molecule has 4 heteroatoms. The zero-order chi connectivity index (χ0) is 14.0. The largest absolute Gasteiger partial charge is 0.294 e. The van der Waals surface area contributed by atoms with Crippen LogP contribution in [0.5, 0.6) is 0 Å². The normalized spacial score (nSPS) is 10.5. The number of hydrogen-bond acceptors (Lipinski definition) is 1. The molecule has 0 aromatic heterocycles. The molecule has 0 aliphatic heterocycles. The first-order valence-corrected chi connectivity index (χ1v) is 5.81. The van der Waals surface area contributed by atoms with E-state index in [2.05, 4.69) is 0 Å². The third-order valence-corrected chi connectivity index (χ3v) is 2.80. The molecule has 0 bridgehead atoms. The van der Waals surface area contributed by atoms with Gasteiger partial charge in [-0.3, -0.25) is 4.79 Å². The van der Waals surface area contributed by atoms with Crippen LogP contribution in [0.4, 0.5) is 13.2 Å². The first-order valence-electron chi connectivity index (χ1n) is 5.81. The molecule has 0 saturated carbocycles. The zero-order valence-corrected chi connectivity index (χ0v) is 10.2. The standard InChI is InChI=1S/C15H11F3O/c1-2-14(19)9-4-3-5-10(6-9)15-12(17)7-11(16)8-13(15)18/h3-8H,2H2,1H3. The van der Waals surface area contributed by atoms with Gasteiger partial charge in [0, 0.05) is 24.1 Å². The van der Waals surface area contributed by atoms with Gasteiger partial charge in [0.1, 0.15) is 17.5 Å². The van der Waals surface area contributed by atoms with E-state index < -0.39 is 17.5 Å². The average Bonchev–Trinajstić information content (AvgIpc) is 2.37. The number of benzene rings is 2. The minimum Gasteiger partial charge on any atom is -0.294 e. The molecule has 0 N–H and O–H groups in total. The van der Waals surface area contributed by atoms with Crippen molar-refractivity contribution in [3.63, 3.8) is 0 Å². The van der Waals surface area contributed by atoms with Gasteiger partial charge in [-0.15, -0.1) is 0 Å². The van der Waals surface area contributed by atoms with Gasteiger partial charge in [0.25, 0.3) is 0 Å². The van der Waals surface area contributed by atoms with E-state index in [9.17, 15) is 18.0 Å². The minimum absolute atomic E-state index is 0.121. The predicted molar refractivity (Wildman–Crippen MR) is 66.4 cm³/mol. The summed E-state index contributed by atoms with van der Waals surface area (Å²) in [6.45, 7) is 1.70. The Morgan fingerprint density at radius 3 is 2.26 bits per heavy atom. The number of carbonyl (C=O) groups is 1. The van der Waals surface area contributed by atoms with Crippen molar-refractivity contribution in [2.45, 2.75) is 13.3 Å². The summed E-state index contributed by atoms with van der Waals surface area (Å²) in [6, 6.07) is 7.24. The maximum absolute atomic E-state index is 13.6. The fourth-order valence-corrected chi connectivity index (χ4v) is 1.87. The summed E-state index contributed by atoms with van der Waals surface area (Å²) in [6.07, 6.45) is 0.303. The Bertz CT molecular complexity index is 612. The highest BCUT2D eigenvalue weighted by atomic mass is 19.1. The lowest BCUT2D eigenvalue weighted by molar-refractivity contribution is 0.0988. The lowest BCUT2D eigenvalue weighted by atomic mass is 9.99. The highest BCUT2D eigenvalue weighted by Gasteiger charge is 2.14. The number of ketones is 1. The molecule has 0 atom stereocenters. The van der Waals surface area contributed by atoms with Crippen LogP contribution < -0.4 is 0 Å². The Labute approximate surface area is 108 Å². The second-order valence-electron chi connectivity index (χ2n) is 4.10. The van der Waals surface area contributed by atoms with E-state index in [-0.39, 0.29) is 16.9 Å². The van der Waals surface area contributed by atoms with Crippen LogP contribution in [0.15, 0.2) is 36.4 Å². The van der Waals surface area contributed by atoms with Crippen molar-refractivity contribution in [3.8, 4) is 11.1 Å². The number of Topliss-reactive ketones (excluding diaryl/α,β-unsaturated/α-hetero) is 1. The van der Waals surface area contributed by atoms with Crippen molar-refractivity contribution in [1.29, 1.82) is 0 Å². The lowest BCUT2D eigenvalue weighted by Crippen LogP contribution is -1.98. The highest BCUT2D eigenvalue weighted by molar-refractivity contribution is 5.97. The molecule has 2 rings (SSSR count). The molecule has 0 aliphatic rings. The van der Waals surface area contributed by atoms with Gasteiger partial charge in [-0.05, 0) is 11.6 Å². The van der Waals surface area contributed by atoms with E-state index in [1.165, 1.54) is 12.1 Å². The Hall–Kier alpha value is -2.10. The zero-order valence-electron chi connectivity index (χ0n) is 10.2. The van der Waals surface area contributed by atoms with Gasteiger partial charge in [-0.1, -0.05) is 25.1 Å². The fraction of sp³-hybridized carbons (Fsp3) is 0.133. The lowest BCUT2D eigenvalue weighted by Gasteiger charge is -2.07. The number of carbonyl (C=O) groups excluding carboxylic acids is 1. The Kier molecular flexibility index (Phi) is 3.69. The molecule has 0 amide bonds. The molecule has 2 aromatic carbocycles. The molecule has 19 heavy (non-hydrogen) atoms. The predicted octanol–water partition coefficient (Wildman–Crippen LogP) is 4.36. The van der Waals surface area contributed by atoms with Gasteiger partial charge < -0.3 is 0 Å². The first kappa shape index (κ1) is 13.3. The molecule has 0 radical (unpaired) electrons. The van der Waals surface area contributed by atoms with Crippen LogP contribution >= 0.6 is 0 Å². The Balaban J connectivity index is 2.57. The molecule has 1 nitrogen and oxygen atoms in total. The van der Waals surface area contributed by atoms with Gasteiger partial charge >= 0.3 is 0 Å². The Morgan fingerprint density at radius 1 is 1.05 bits per heavy atom. The van der Waals surface area contributed by atoms with Crippen molar-refractivity contribution in [2.75, 3.05) is 0 Å². The van der Waals surface area contributed by atoms with E-state index in [1.807, 2.05) is 0 Å². The molecule has 0 saturated heterocycles. The van der Waals surface area contributed by atoms with E-state index in [4.69, 9.17) is 0 Å². The molecule has 0 unspecified atom stereocenters. The third kappa shape index (κ3) is 2.67. The summed E-state index contributed by atoms with van der Waals surface area (Å²) in [7, 11) is 0. The summed E-state index contributed by atoms with van der Waals surface area (Å²) in [4.78, 5) is 11.6. The minimum atomic E-state index is -0.987. The van der Waals surface area contributed by atoms with Crippen LogP contribution in [0, 0.1) is 17.5 Å². The molecule has 2 aromatic rings. The molecular formula is C15H11F3O. The molecule has 0 aliphatic carbocycles. The average molecular weight is 264 g/mol. The monoisotopic (exact) mass is 264 g/mol. The van der Waals surface area contributed by atoms with Crippen LogP contribution in [0.3, 0.4) is 0 Å². The van der Waals surface area contributed by atoms with E-state index in [1.54, 1.807) is 19.1 Å². The van der Waals surface area contributed by atoms with Gasteiger partial charge in [-0.25, -0.2) is 13.2 Å². The van der Waals surface area contributed by atoms with Gasteiger partial charge in [0.2, 0.25) is 0 Å². The van der Waals surface area contributed by atoms with Crippen LogP contribution in [-0.2, 0) is 0 Å². The van der Waals surface area contributed by atoms with Gasteiger partial charge in [-0.2, -0.15) is 0 Å². The maximum Gasteiger partial charge on any atom is 0.162 e. The summed E-state index contributed by atoms with van der Waals surface area (Å²) in [5.74, 6) is -3.07. The van der Waals surface area contributed by atoms with Crippen LogP contribution in [-0.4, -0.2) is 5.78 Å². The van der Waals surface area contributed by atoms with Gasteiger partial charge in [0.15, 0.2) is 5.78 Å². The maximum atomic E-state index is 13.6. The van der Waals surface area contributed by atoms with Crippen molar-refractivity contribution < 1.29 is 18.0 Å². The van der Waals surface area contributed by atoms with Crippen molar-refractivity contribution in [1.82, 2.24) is 0 Å². The second kappa shape index (κ2) is 5.26. The van der Waals surface area contributed by atoms with Crippen LogP contribution in [0.1, 0.15) is 23.7 Å². The van der Waals surface area contributed by atoms with E-state index in [0.29, 0.717) is 24.1 Å². The Morgan fingerprint density at radius 2 is 1.68 bits per heavy atom. The van der Waals surface area contributed by atoms with Gasteiger partial charge in [0.05, 0.1) is 5.56 Å². The van der Waals surface area contributed by atoms with Crippen LogP contribution in [0.2, 0.25) is 0 Å². The SMILES string of the molecule is CCC(=O)c1cccc(-c2c(F)cc(F)cc2F)c1. The van der Waals surface area contributed by atoms with Crippen molar-refractivity contribution >= 4 is 5.78 Å². The topological polar surface area (TPSA) is 17.1 Å². The number of rotatable bonds is 3. The highest BCUT2D eigenvalue weighted by Crippen LogP contribution is 2.27. The summed E-state index contributed by atoms with van der Waals surface area (Å²) in [5, 5.41) is 0. The third-order valence-electron chi connectivity index (χ3n) is 2.80. The molecule has 98 valence electrons. The van der Waals surface area contributed by atoms with Crippen LogP contribution in [0.25, 0.3) is 11.1 Å². The number of hydrogen-bond donors (Lipinski definition) is 0. The molecule has 0 heterocycles. The summed E-state index contributed by atoms with van der Waals surface area (Å²) in [5.41, 5.74) is 0.268. The summed E-state index contributed by atoms with van der Waals surface area (Å²) >= 11 is 0. The first-order chi connectivity index (χ1) is 9.02. The summed E-state index contributed by atoms with van der Waals surface area (Å²) < 4.78 is 40.1. The molecular weight excluding hydrogens is 253 g/mol. The quantitative estimate of drug-likeness (QED) is 0.752. The molecule has 0 fully saturated rings. The van der Waals surface area contributed by atoms with E-state index in [0.717, 1.165) is 0 Å². The second-order valence-corrected chi connectivity index (χ2v) is 4.10. The van der Waals surface area contributed by atoms with Crippen molar-refractivity contribution in [2.24, 2.45) is 0 Å². The number of halogens is 3. The smallest absolute Gasteiger partial charge is 0.162 e. The van der Waals surface area contributed by atoms with Crippen molar-refractivity contribution in [3.05, 3.63) is 59.4 Å². The molecule has 0 spiro atoms.